The lowest BCUT2D eigenvalue weighted by Gasteiger charge is -2.18. The third-order valence-electron chi connectivity index (χ3n) is 6.75. The summed E-state index contributed by atoms with van der Waals surface area (Å²) in [6.07, 6.45) is 0. The minimum atomic E-state index is 0.239. The molecule has 0 saturated carbocycles. The van der Waals surface area contributed by atoms with Gasteiger partial charge in [-0.05, 0) is 57.6 Å². The second-order valence-corrected chi connectivity index (χ2v) is 10.4. The van der Waals surface area contributed by atoms with Gasteiger partial charge in [-0.3, -0.25) is 0 Å². The zero-order valence-electron chi connectivity index (χ0n) is 21.2. The average molecular weight is 523 g/mol. The summed E-state index contributed by atoms with van der Waals surface area (Å²) in [7, 11) is 0. The van der Waals surface area contributed by atoms with Crippen molar-refractivity contribution in [1.82, 2.24) is 0 Å². The number of aromatic hydroxyl groups is 2. The molecule has 0 unspecified atom stereocenters. The number of hydrogen-bond acceptors (Lipinski definition) is 3. The largest absolute Gasteiger partial charge is 0.507 e. The summed E-state index contributed by atoms with van der Waals surface area (Å²) in [4.78, 5) is 2.03. The molecule has 0 heterocycles. The molecule has 0 bridgehead atoms. The standard InChI is InChI=1S/C36H26O2S/c37-33-21-31(27-17-9-3-10-18-27)35(23-29(33)25-13-5-1-6-14-25)39-36-24-30(26-15-7-2-8-16-26)34(38)22-32(36)28-19-11-4-12-20-28/h1-24,37-38H. The van der Waals surface area contributed by atoms with Crippen LogP contribution in [0.2, 0.25) is 0 Å². The Kier molecular flexibility index (Phi) is 6.90. The summed E-state index contributed by atoms with van der Waals surface area (Å²) < 4.78 is 0. The molecule has 188 valence electrons. The van der Waals surface area contributed by atoms with Crippen LogP contribution in [0.15, 0.2) is 155 Å². The zero-order valence-corrected chi connectivity index (χ0v) is 22.0. The zero-order chi connectivity index (χ0) is 26.6. The van der Waals surface area contributed by atoms with E-state index in [4.69, 9.17) is 0 Å². The summed E-state index contributed by atoms with van der Waals surface area (Å²) in [6, 6.07) is 48.0. The van der Waals surface area contributed by atoms with Crippen LogP contribution in [-0.4, -0.2) is 10.2 Å². The van der Waals surface area contributed by atoms with Gasteiger partial charge in [0.1, 0.15) is 11.5 Å². The van der Waals surface area contributed by atoms with Crippen molar-refractivity contribution in [1.29, 1.82) is 0 Å². The molecule has 0 aliphatic rings. The molecule has 6 aromatic rings. The maximum atomic E-state index is 11.1. The van der Waals surface area contributed by atoms with E-state index >= 15 is 0 Å². The quantitative estimate of drug-likeness (QED) is 0.229. The second-order valence-electron chi connectivity index (χ2n) is 9.30. The van der Waals surface area contributed by atoms with Crippen LogP contribution in [-0.2, 0) is 0 Å². The van der Waals surface area contributed by atoms with Gasteiger partial charge >= 0.3 is 0 Å². The third-order valence-corrected chi connectivity index (χ3v) is 7.87. The molecule has 39 heavy (non-hydrogen) atoms. The van der Waals surface area contributed by atoms with E-state index in [1.165, 1.54) is 0 Å². The van der Waals surface area contributed by atoms with E-state index in [-0.39, 0.29) is 11.5 Å². The van der Waals surface area contributed by atoms with Gasteiger partial charge < -0.3 is 10.2 Å². The first kappa shape index (κ1) is 24.6. The van der Waals surface area contributed by atoms with Crippen LogP contribution in [0.1, 0.15) is 0 Å². The molecule has 2 nitrogen and oxygen atoms in total. The fraction of sp³-hybridized carbons (Fsp3) is 0. The Hall–Kier alpha value is -4.73. The molecule has 0 saturated heterocycles. The molecule has 0 aliphatic carbocycles. The highest BCUT2D eigenvalue weighted by Gasteiger charge is 2.18. The van der Waals surface area contributed by atoms with Gasteiger partial charge in [0, 0.05) is 20.9 Å². The first-order chi connectivity index (χ1) is 19.2. The fourth-order valence-corrected chi connectivity index (χ4v) is 5.97. The monoisotopic (exact) mass is 522 g/mol. The molecule has 0 fully saturated rings. The van der Waals surface area contributed by atoms with Gasteiger partial charge in [-0.1, -0.05) is 133 Å². The molecule has 0 aromatic heterocycles. The van der Waals surface area contributed by atoms with Crippen LogP contribution in [0, 0.1) is 0 Å². The van der Waals surface area contributed by atoms with Crippen molar-refractivity contribution in [2.75, 3.05) is 0 Å². The van der Waals surface area contributed by atoms with E-state index in [0.717, 1.165) is 54.3 Å². The molecule has 2 N–H and O–H groups in total. The van der Waals surface area contributed by atoms with Crippen molar-refractivity contribution >= 4 is 11.8 Å². The van der Waals surface area contributed by atoms with Crippen molar-refractivity contribution in [3.63, 3.8) is 0 Å². The molecule has 0 atom stereocenters. The average Bonchev–Trinajstić information content (AvgIpc) is 3.00. The second kappa shape index (κ2) is 10.9. The van der Waals surface area contributed by atoms with E-state index in [9.17, 15) is 10.2 Å². The number of phenolic OH excluding ortho intramolecular Hbond substituents is 2. The highest BCUT2D eigenvalue weighted by molar-refractivity contribution is 7.99. The maximum absolute atomic E-state index is 11.1. The van der Waals surface area contributed by atoms with Gasteiger partial charge in [-0.25, -0.2) is 0 Å². The Bertz CT molecular complexity index is 1590. The Morgan fingerprint density at radius 3 is 0.923 bits per heavy atom. The summed E-state index contributed by atoms with van der Waals surface area (Å²) in [5.74, 6) is 0.478. The Morgan fingerprint density at radius 2 is 0.615 bits per heavy atom. The van der Waals surface area contributed by atoms with Gasteiger partial charge in [0.25, 0.3) is 0 Å². The third kappa shape index (κ3) is 5.18. The molecule has 0 radical (unpaired) electrons. The normalized spacial score (nSPS) is 10.9. The molecule has 0 aliphatic heterocycles. The van der Waals surface area contributed by atoms with Crippen molar-refractivity contribution in [2.45, 2.75) is 9.79 Å². The Balaban J connectivity index is 1.57. The van der Waals surface area contributed by atoms with E-state index in [0.29, 0.717) is 0 Å². The van der Waals surface area contributed by atoms with Crippen LogP contribution in [0.4, 0.5) is 0 Å². The van der Waals surface area contributed by atoms with Crippen molar-refractivity contribution in [2.24, 2.45) is 0 Å². The van der Waals surface area contributed by atoms with Gasteiger partial charge in [0.05, 0.1) is 0 Å². The van der Waals surface area contributed by atoms with Crippen LogP contribution in [0.25, 0.3) is 44.5 Å². The van der Waals surface area contributed by atoms with Gasteiger partial charge in [-0.15, -0.1) is 0 Å². The topological polar surface area (TPSA) is 40.5 Å². The smallest absolute Gasteiger partial charge is 0.124 e. The van der Waals surface area contributed by atoms with Crippen molar-refractivity contribution in [3.8, 4) is 56.0 Å². The van der Waals surface area contributed by atoms with Crippen molar-refractivity contribution < 1.29 is 10.2 Å². The Labute approximate surface area is 232 Å². The summed E-state index contributed by atoms with van der Waals surface area (Å²) >= 11 is 1.64. The highest BCUT2D eigenvalue weighted by atomic mass is 32.2. The number of rotatable bonds is 6. The predicted molar refractivity (Wildman–Crippen MR) is 162 cm³/mol. The predicted octanol–water partition coefficient (Wildman–Crippen LogP) is 9.92. The lowest BCUT2D eigenvalue weighted by Crippen LogP contribution is -1.90. The highest BCUT2D eigenvalue weighted by Crippen LogP contribution is 2.47. The first-order valence-corrected chi connectivity index (χ1v) is 13.6. The number of benzene rings is 6. The van der Waals surface area contributed by atoms with E-state index in [1.54, 1.807) is 11.8 Å². The number of hydrogen-bond donors (Lipinski definition) is 2. The van der Waals surface area contributed by atoms with Crippen molar-refractivity contribution in [3.05, 3.63) is 146 Å². The molecule has 6 aromatic carbocycles. The van der Waals surface area contributed by atoms with Gasteiger partial charge in [0.2, 0.25) is 0 Å². The van der Waals surface area contributed by atoms with Gasteiger partial charge in [0.15, 0.2) is 0 Å². The minimum absolute atomic E-state index is 0.239. The summed E-state index contributed by atoms with van der Waals surface area (Å²) in [5, 5.41) is 22.2. The summed E-state index contributed by atoms with van der Waals surface area (Å²) in [6.45, 7) is 0. The minimum Gasteiger partial charge on any atom is -0.507 e. The van der Waals surface area contributed by atoms with E-state index < -0.39 is 0 Å². The van der Waals surface area contributed by atoms with Gasteiger partial charge in [-0.2, -0.15) is 0 Å². The fourth-order valence-electron chi connectivity index (χ4n) is 4.81. The molecule has 0 spiro atoms. The van der Waals surface area contributed by atoms with Crippen LogP contribution in [0.3, 0.4) is 0 Å². The number of phenols is 2. The maximum Gasteiger partial charge on any atom is 0.124 e. The molecule has 0 amide bonds. The lowest BCUT2D eigenvalue weighted by atomic mass is 9.99. The van der Waals surface area contributed by atoms with E-state index in [2.05, 4.69) is 36.4 Å². The summed E-state index contributed by atoms with van der Waals surface area (Å²) in [5.41, 5.74) is 7.42. The van der Waals surface area contributed by atoms with Crippen LogP contribution in [0.5, 0.6) is 11.5 Å². The first-order valence-electron chi connectivity index (χ1n) is 12.8. The molecular weight excluding hydrogens is 496 g/mol. The molecule has 6 rings (SSSR count). The molecular formula is C36H26O2S. The van der Waals surface area contributed by atoms with E-state index in [1.807, 2.05) is 109 Å². The van der Waals surface area contributed by atoms with Crippen LogP contribution >= 0.6 is 11.8 Å². The lowest BCUT2D eigenvalue weighted by molar-refractivity contribution is 0.476. The van der Waals surface area contributed by atoms with Crippen LogP contribution < -0.4 is 0 Å². The Morgan fingerprint density at radius 1 is 0.333 bits per heavy atom. The molecule has 3 heteroatoms. The SMILES string of the molecule is Oc1cc(-c2ccccc2)c(Sc2cc(-c3ccccc3)c(O)cc2-c2ccccc2)cc1-c1ccccc1.